The first-order valence-corrected chi connectivity index (χ1v) is 7.54. The third-order valence-electron chi connectivity index (χ3n) is 3.71. The van der Waals surface area contributed by atoms with Crippen LogP contribution in [0.3, 0.4) is 0 Å². The Morgan fingerprint density at radius 2 is 1.91 bits per heavy atom. The van der Waals surface area contributed by atoms with Crippen LogP contribution in [0.4, 0.5) is 0 Å². The van der Waals surface area contributed by atoms with Crippen LogP contribution in [0.2, 0.25) is 10.0 Å². The zero-order valence-corrected chi connectivity index (χ0v) is 14.3. The Kier molecular flexibility index (Phi) is 5.12. The summed E-state index contributed by atoms with van der Waals surface area (Å²) in [5, 5.41) is 8.65. The van der Waals surface area contributed by atoms with Crippen molar-refractivity contribution < 1.29 is 19.1 Å². The Hall–Kier alpha value is -1.85. The first-order valence-electron chi connectivity index (χ1n) is 6.78. The molecule has 0 aliphatic carbocycles. The third kappa shape index (κ3) is 3.26. The number of hydrogen-bond donors (Lipinski definition) is 1. The molecule has 5 nitrogen and oxygen atoms in total. The Labute approximate surface area is 143 Å². The average molecular weight is 356 g/mol. The minimum absolute atomic E-state index is 0.250. The van der Waals surface area contributed by atoms with Crippen LogP contribution in [0.1, 0.15) is 25.3 Å². The van der Waals surface area contributed by atoms with Gasteiger partial charge in [-0.15, -0.1) is 0 Å². The highest BCUT2D eigenvalue weighted by atomic mass is 35.5. The number of benzene rings is 1. The van der Waals surface area contributed by atoms with Gasteiger partial charge in [-0.2, -0.15) is 0 Å². The second kappa shape index (κ2) is 6.72. The number of hydrogen-bond acceptors (Lipinski definition) is 5. The fraction of sp³-hybridized carbons (Fsp3) is 0.312. The van der Waals surface area contributed by atoms with Gasteiger partial charge in [-0.25, -0.2) is 0 Å². The molecule has 0 bridgehead atoms. The molecule has 1 aliphatic rings. The van der Waals surface area contributed by atoms with E-state index in [4.69, 9.17) is 38.1 Å². The molecule has 0 saturated carbocycles. The van der Waals surface area contributed by atoms with Crippen LogP contribution < -0.4 is 0 Å². The normalized spacial score (nSPS) is 21.0. The molecule has 23 heavy (non-hydrogen) atoms. The Bertz CT molecular complexity index is 727. The maximum Gasteiger partial charge on any atom is 0.319 e. The predicted octanol–water partition coefficient (Wildman–Crippen LogP) is 3.74. The van der Waals surface area contributed by atoms with E-state index >= 15 is 0 Å². The van der Waals surface area contributed by atoms with Crippen LogP contribution in [-0.4, -0.2) is 24.8 Å². The van der Waals surface area contributed by atoms with E-state index in [-0.39, 0.29) is 11.7 Å². The van der Waals surface area contributed by atoms with Gasteiger partial charge in [0.05, 0.1) is 17.2 Å². The molecule has 0 saturated heterocycles. The lowest BCUT2D eigenvalue weighted by atomic mass is 9.77. The number of allylic oxidation sites excluding steroid dienone is 2. The summed E-state index contributed by atoms with van der Waals surface area (Å²) in [7, 11) is 1.22. The lowest BCUT2D eigenvalue weighted by Crippen LogP contribution is -2.38. The topological polar surface area (TPSA) is 76.5 Å². The van der Waals surface area contributed by atoms with Gasteiger partial charge in [0.1, 0.15) is 11.7 Å². The zero-order chi connectivity index (χ0) is 17.3. The second-order valence-electron chi connectivity index (χ2n) is 5.14. The second-order valence-corrected chi connectivity index (χ2v) is 5.96. The molecular weight excluding hydrogens is 341 g/mol. The third-order valence-corrected chi connectivity index (χ3v) is 4.45. The maximum absolute atomic E-state index is 12.2. The molecule has 2 rings (SSSR count). The van der Waals surface area contributed by atoms with Gasteiger partial charge in [-0.1, -0.05) is 29.3 Å². The summed E-state index contributed by atoms with van der Waals surface area (Å²) in [4.78, 5) is 24.2. The van der Waals surface area contributed by atoms with Gasteiger partial charge in [0.2, 0.25) is 5.90 Å². The lowest BCUT2D eigenvalue weighted by Gasteiger charge is -2.32. The number of ketones is 1. The molecule has 2 unspecified atom stereocenters. The van der Waals surface area contributed by atoms with Crippen molar-refractivity contribution in [3.63, 3.8) is 0 Å². The Balaban J connectivity index is 2.68. The Morgan fingerprint density at radius 3 is 2.43 bits per heavy atom. The molecule has 122 valence electrons. The van der Waals surface area contributed by atoms with Crippen LogP contribution >= 0.6 is 23.2 Å². The number of esters is 1. The maximum atomic E-state index is 12.2. The number of rotatable bonds is 3. The zero-order valence-electron chi connectivity index (χ0n) is 12.8. The molecule has 7 heteroatoms. The van der Waals surface area contributed by atoms with Gasteiger partial charge in [-0.3, -0.25) is 15.0 Å². The molecular formula is C16H15Cl2NO4. The predicted molar refractivity (Wildman–Crippen MR) is 86.9 cm³/mol. The molecule has 0 radical (unpaired) electrons. The number of halogens is 2. The van der Waals surface area contributed by atoms with Crippen LogP contribution in [0.15, 0.2) is 29.5 Å². The summed E-state index contributed by atoms with van der Waals surface area (Å²) in [5.74, 6) is -2.65. The van der Waals surface area contributed by atoms with Crippen molar-refractivity contribution in [3.8, 4) is 0 Å². The number of ether oxygens (including phenoxy) is 2. The summed E-state index contributed by atoms with van der Waals surface area (Å²) < 4.78 is 10.1. The fourth-order valence-electron chi connectivity index (χ4n) is 2.72. The standard InChI is InChI=1S/C16H15Cl2NO4/c1-7(20)12-8(2)23-15(19)14(16(21)22-3)13(12)9-4-5-10(17)11(18)6-9/h4-6,13-14,19H,1-3H3. The van der Waals surface area contributed by atoms with E-state index in [0.29, 0.717) is 26.9 Å². The van der Waals surface area contributed by atoms with E-state index in [2.05, 4.69) is 0 Å². The minimum Gasteiger partial charge on any atom is -0.468 e. The number of carbonyl (C=O) groups is 2. The van der Waals surface area contributed by atoms with Crippen molar-refractivity contribution in [3.05, 3.63) is 45.1 Å². The first kappa shape index (κ1) is 17.5. The van der Waals surface area contributed by atoms with Crippen molar-refractivity contribution in [1.82, 2.24) is 0 Å². The number of carbonyl (C=O) groups excluding carboxylic acids is 2. The van der Waals surface area contributed by atoms with E-state index in [1.54, 1.807) is 25.1 Å². The Morgan fingerprint density at radius 1 is 1.26 bits per heavy atom. The molecule has 1 heterocycles. The van der Waals surface area contributed by atoms with Crippen LogP contribution in [0.5, 0.6) is 0 Å². The van der Waals surface area contributed by atoms with Crippen molar-refractivity contribution >= 4 is 40.9 Å². The van der Waals surface area contributed by atoms with Gasteiger partial charge in [0.25, 0.3) is 0 Å². The minimum atomic E-state index is -1.06. The molecule has 0 fully saturated rings. The molecule has 1 aliphatic heterocycles. The van der Waals surface area contributed by atoms with E-state index in [9.17, 15) is 9.59 Å². The number of Topliss-reactive ketones (excluding diaryl/α,β-unsaturated/α-hetero) is 1. The van der Waals surface area contributed by atoms with Crippen LogP contribution in [0.25, 0.3) is 0 Å². The van der Waals surface area contributed by atoms with Crippen molar-refractivity contribution in [2.24, 2.45) is 5.92 Å². The molecule has 1 aromatic rings. The summed E-state index contributed by atoms with van der Waals surface area (Å²) in [6, 6.07) is 4.84. The molecule has 0 amide bonds. The van der Waals surface area contributed by atoms with E-state index in [1.807, 2.05) is 0 Å². The highest BCUT2D eigenvalue weighted by Gasteiger charge is 2.44. The molecule has 0 aromatic heterocycles. The monoisotopic (exact) mass is 355 g/mol. The van der Waals surface area contributed by atoms with E-state index in [0.717, 1.165) is 0 Å². The fourth-order valence-corrected chi connectivity index (χ4v) is 3.03. The van der Waals surface area contributed by atoms with Crippen molar-refractivity contribution in [2.75, 3.05) is 7.11 Å². The van der Waals surface area contributed by atoms with Crippen molar-refractivity contribution in [2.45, 2.75) is 19.8 Å². The summed E-state index contributed by atoms with van der Waals surface area (Å²) in [6.07, 6.45) is 0. The quantitative estimate of drug-likeness (QED) is 0.837. The largest absolute Gasteiger partial charge is 0.468 e. The SMILES string of the molecule is COC(=O)C1C(=N)OC(C)=C(C(C)=O)C1c1ccc(Cl)c(Cl)c1. The smallest absolute Gasteiger partial charge is 0.319 e. The van der Waals surface area contributed by atoms with Gasteiger partial charge in [0.15, 0.2) is 5.78 Å². The summed E-state index contributed by atoms with van der Waals surface area (Å²) in [5.41, 5.74) is 0.905. The summed E-state index contributed by atoms with van der Waals surface area (Å²) >= 11 is 12.0. The average Bonchev–Trinajstić information content (AvgIpc) is 2.48. The van der Waals surface area contributed by atoms with Gasteiger partial charge >= 0.3 is 5.97 Å². The summed E-state index contributed by atoms with van der Waals surface area (Å²) in [6.45, 7) is 2.97. The van der Waals surface area contributed by atoms with E-state index < -0.39 is 17.8 Å². The van der Waals surface area contributed by atoms with Gasteiger partial charge in [0, 0.05) is 11.5 Å². The van der Waals surface area contributed by atoms with Gasteiger partial charge in [-0.05, 0) is 31.5 Å². The lowest BCUT2D eigenvalue weighted by molar-refractivity contribution is -0.144. The molecule has 0 spiro atoms. The van der Waals surface area contributed by atoms with Crippen LogP contribution in [-0.2, 0) is 19.1 Å². The first-order chi connectivity index (χ1) is 10.8. The van der Waals surface area contributed by atoms with Crippen LogP contribution in [0, 0.1) is 11.3 Å². The van der Waals surface area contributed by atoms with E-state index in [1.165, 1.54) is 14.0 Å². The molecule has 1 aromatic carbocycles. The molecule has 2 atom stereocenters. The highest BCUT2D eigenvalue weighted by Crippen LogP contribution is 2.41. The number of nitrogens with one attached hydrogen (secondary N) is 1. The van der Waals surface area contributed by atoms with Crippen molar-refractivity contribution in [1.29, 1.82) is 5.41 Å². The van der Waals surface area contributed by atoms with Gasteiger partial charge < -0.3 is 9.47 Å². The highest BCUT2D eigenvalue weighted by molar-refractivity contribution is 6.42. The number of methoxy groups -OCH3 is 1. The molecule has 1 N–H and O–H groups in total.